The largest absolute Gasteiger partial charge is 0.320 e. The highest BCUT2D eigenvalue weighted by atomic mass is 32.1. The molecule has 0 aliphatic heterocycles. The Bertz CT molecular complexity index is 286. The number of fused-ring (bicyclic) bond motifs is 1. The molecule has 0 spiro atoms. The summed E-state index contributed by atoms with van der Waals surface area (Å²) in [7, 11) is 0. The van der Waals surface area contributed by atoms with Crippen molar-refractivity contribution in [3.63, 3.8) is 0 Å². The molecule has 0 amide bonds. The Balaban J connectivity index is 2.36. The third-order valence-corrected chi connectivity index (χ3v) is 3.89. The summed E-state index contributed by atoms with van der Waals surface area (Å²) >= 11 is 1.81. The Morgan fingerprint density at radius 2 is 2.00 bits per heavy atom. The molecule has 3 heteroatoms. The van der Waals surface area contributed by atoms with Gasteiger partial charge in [-0.15, -0.1) is 11.3 Å². The maximum absolute atomic E-state index is 6.02. The van der Waals surface area contributed by atoms with Crippen LogP contribution >= 0.6 is 11.3 Å². The summed E-state index contributed by atoms with van der Waals surface area (Å²) < 4.78 is 0. The molecule has 0 fully saturated rings. The first-order valence-electron chi connectivity index (χ1n) is 4.85. The van der Waals surface area contributed by atoms with Gasteiger partial charge in [-0.1, -0.05) is 0 Å². The van der Waals surface area contributed by atoms with Crippen LogP contribution in [0.2, 0.25) is 0 Å². The van der Waals surface area contributed by atoms with Crippen LogP contribution in [0.3, 0.4) is 0 Å². The predicted molar refractivity (Wildman–Crippen MR) is 56.0 cm³/mol. The number of hydrogen-bond acceptors (Lipinski definition) is 3. The van der Waals surface area contributed by atoms with Gasteiger partial charge in [-0.05, 0) is 39.5 Å². The lowest BCUT2D eigenvalue weighted by atomic mass is 10.0. The average Bonchev–Trinajstić information content (AvgIpc) is 2.45. The molecule has 2 N–H and O–H groups in total. The lowest BCUT2D eigenvalue weighted by Gasteiger charge is -2.13. The Hall–Kier alpha value is -0.410. The van der Waals surface area contributed by atoms with Gasteiger partial charge < -0.3 is 5.73 Å². The quantitative estimate of drug-likeness (QED) is 0.748. The summed E-state index contributed by atoms with van der Waals surface area (Å²) in [6.07, 6.45) is 4.98. The number of nitrogens with zero attached hydrogens (tertiary/aromatic N) is 1. The molecule has 0 bridgehead atoms. The second-order valence-electron chi connectivity index (χ2n) is 4.32. The summed E-state index contributed by atoms with van der Waals surface area (Å²) in [6.45, 7) is 4.05. The predicted octanol–water partition coefficient (Wildman–Crippen LogP) is 2.22. The number of aromatic nitrogens is 1. The van der Waals surface area contributed by atoms with Crippen LogP contribution in [0, 0.1) is 0 Å². The van der Waals surface area contributed by atoms with E-state index in [-0.39, 0.29) is 5.54 Å². The first-order chi connectivity index (χ1) is 6.07. The molecule has 1 aromatic rings. The molecular weight excluding hydrogens is 180 g/mol. The molecule has 2 rings (SSSR count). The fourth-order valence-electron chi connectivity index (χ4n) is 1.63. The van der Waals surface area contributed by atoms with Gasteiger partial charge in [-0.3, -0.25) is 0 Å². The number of aryl methyl sites for hydroxylation is 2. The zero-order valence-electron chi connectivity index (χ0n) is 8.26. The summed E-state index contributed by atoms with van der Waals surface area (Å²) in [6, 6.07) is 0. The van der Waals surface area contributed by atoms with Crippen LogP contribution in [0.1, 0.15) is 42.3 Å². The van der Waals surface area contributed by atoms with Gasteiger partial charge >= 0.3 is 0 Å². The van der Waals surface area contributed by atoms with Crippen LogP contribution in [-0.2, 0) is 18.4 Å². The standard InChI is InChI=1S/C10H16N2S/c1-10(2,11)9-12-7-5-3-4-6-8(7)13-9/h3-6,11H2,1-2H3. The van der Waals surface area contributed by atoms with Gasteiger partial charge in [0.2, 0.25) is 0 Å². The molecule has 0 unspecified atom stereocenters. The minimum atomic E-state index is -0.262. The number of nitrogens with two attached hydrogens (primary N) is 1. The van der Waals surface area contributed by atoms with E-state index in [1.807, 2.05) is 13.8 Å². The Morgan fingerprint density at radius 3 is 2.62 bits per heavy atom. The molecule has 1 aliphatic carbocycles. The SMILES string of the molecule is CC(C)(N)c1nc2c(s1)CCCC2. The van der Waals surface area contributed by atoms with E-state index in [1.165, 1.54) is 29.8 Å². The van der Waals surface area contributed by atoms with Crippen LogP contribution in [0.15, 0.2) is 0 Å². The number of thiazole rings is 1. The second kappa shape index (κ2) is 3.07. The van der Waals surface area contributed by atoms with Crippen molar-refractivity contribution < 1.29 is 0 Å². The van der Waals surface area contributed by atoms with Crippen molar-refractivity contribution in [2.75, 3.05) is 0 Å². The second-order valence-corrected chi connectivity index (χ2v) is 5.40. The lowest BCUT2D eigenvalue weighted by molar-refractivity contribution is 0.546. The molecule has 1 heterocycles. The fourth-order valence-corrected chi connectivity index (χ4v) is 2.79. The maximum Gasteiger partial charge on any atom is 0.112 e. The zero-order chi connectivity index (χ0) is 9.47. The minimum Gasteiger partial charge on any atom is -0.320 e. The van der Waals surface area contributed by atoms with Crippen LogP contribution in [0.4, 0.5) is 0 Å². The van der Waals surface area contributed by atoms with Crippen molar-refractivity contribution in [2.45, 2.75) is 45.1 Å². The molecular formula is C10H16N2S. The van der Waals surface area contributed by atoms with E-state index >= 15 is 0 Å². The zero-order valence-corrected chi connectivity index (χ0v) is 9.08. The van der Waals surface area contributed by atoms with E-state index in [0.717, 1.165) is 11.4 Å². The molecule has 2 nitrogen and oxygen atoms in total. The van der Waals surface area contributed by atoms with Gasteiger partial charge in [-0.25, -0.2) is 4.98 Å². The van der Waals surface area contributed by atoms with Crippen molar-refractivity contribution in [1.29, 1.82) is 0 Å². The molecule has 0 aromatic carbocycles. The topological polar surface area (TPSA) is 38.9 Å². The number of rotatable bonds is 1. The first-order valence-corrected chi connectivity index (χ1v) is 5.67. The van der Waals surface area contributed by atoms with Crippen LogP contribution in [-0.4, -0.2) is 4.98 Å². The van der Waals surface area contributed by atoms with E-state index in [4.69, 9.17) is 5.73 Å². The Labute approximate surface area is 83.2 Å². The van der Waals surface area contributed by atoms with Gasteiger partial charge in [0, 0.05) is 4.88 Å². The normalized spacial score (nSPS) is 17.2. The van der Waals surface area contributed by atoms with Gasteiger partial charge in [0.05, 0.1) is 11.2 Å². The minimum absolute atomic E-state index is 0.262. The smallest absolute Gasteiger partial charge is 0.112 e. The van der Waals surface area contributed by atoms with E-state index in [9.17, 15) is 0 Å². The Morgan fingerprint density at radius 1 is 1.31 bits per heavy atom. The van der Waals surface area contributed by atoms with Crippen molar-refractivity contribution >= 4 is 11.3 Å². The van der Waals surface area contributed by atoms with Crippen molar-refractivity contribution in [1.82, 2.24) is 4.98 Å². The van der Waals surface area contributed by atoms with Crippen molar-refractivity contribution in [3.8, 4) is 0 Å². The molecule has 0 saturated carbocycles. The summed E-state index contributed by atoms with van der Waals surface area (Å²) in [5.74, 6) is 0. The van der Waals surface area contributed by atoms with Crippen molar-refractivity contribution in [2.24, 2.45) is 5.73 Å². The molecule has 13 heavy (non-hydrogen) atoms. The third-order valence-electron chi connectivity index (χ3n) is 2.40. The van der Waals surface area contributed by atoms with Gasteiger partial charge in [-0.2, -0.15) is 0 Å². The van der Waals surface area contributed by atoms with E-state index < -0.39 is 0 Å². The third kappa shape index (κ3) is 1.76. The summed E-state index contributed by atoms with van der Waals surface area (Å²) in [5.41, 5.74) is 7.06. The lowest BCUT2D eigenvalue weighted by Crippen LogP contribution is -2.28. The van der Waals surface area contributed by atoms with Gasteiger partial charge in [0.1, 0.15) is 5.01 Å². The van der Waals surface area contributed by atoms with E-state index in [0.29, 0.717) is 0 Å². The highest BCUT2D eigenvalue weighted by Crippen LogP contribution is 2.30. The highest BCUT2D eigenvalue weighted by molar-refractivity contribution is 7.11. The average molecular weight is 196 g/mol. The van der Waals surface area contributed by atoms with Gasteiger partial charge in [0.25, 0.3) is 0 Å². The fraction of sp³-hybridized carbons (Fsp3) is 0.700. The molecule has 72 valence electrons. The van der Waals surface area contributed by atoms with Crippen LogP contribution in [0.5, 0.6) is 0 Å². The van der Waals surface area contributed by atoms with E-state index in [1.54, 1.807) is 11.3 Å². The van der Waals surface area contributed by atoms with Crippen LogP contribution in [0.25, 0.3) is 0 Å². The molecule has 0 atom stereocenters. The summed E-state index contributed by atoms with van der Waals surface area (Å²) in [4.78, 5) is 6.09. The maximum atomic E-state index is 6.02. The molecule has 0 radical (unpaired) electrons. The Kier molecular flexibility index (Phi) is 2.16. The van der Waals surface area contributed by atoms with Crippen LogP contribution < -0.4 is 5.73 Å². The van der Waals surface area contributed by atoms with Gasteiger partial charge in [0.15, 0.2) is 0 Å². The first kappa shape index (κ1) is 9.16. The van der Waals surface area contributed by atoms with E-state index in [2.05, 4.69) is 4.98 Å². The number of hydrogen-bond donors (Lipinski definition) is 1. The molecule has 1 aliphatic rings. The molecule has 0 saturated heterocycles. The van der Waals surface area contributed by atoms with Crippen molar-refractivity contribution in [3.05, 3.63) is 15.6 Å². The highest BCUT2D eigenvalue weighted by Gasteiger charge is 2.22. The molecule has 1 aromatic heterocycles. The summed E-state index contributed by atoms with van der Waals surface area (Å²) in [5, 5.41) is 1.10. The monoisotopic (exact) mass is 196 g/mol.